The molecule has 0 radical (unpaired) electrons. The number of aliphatic hydroxyl groups is 1. The number of aliphatic hydroxyl groups excluding tert-OH is 1. The minimum absolute atomic E-state index is 0.00406. The molecule has 2 heterocycles. The third-order valence-corrected chi connectivity index (χ3v) is 3.84. The number of carbonyl (C=O) groups is 2. The Morgan fingerprint density at radius 2 is 2.11 bits per heavy atom. The van der Waals surface area contributed by atoms with Crippen molar-refractivity contribution >= 4 is 11.9 Å². The van der Waals surface area contributed by atoms with E-state index in [0.717, 1.165) is 12.8 Å². The second kappa shape index (κ2) is 5.24. The zero-order chi connectivity index (χ0) is 13.2. The first-order chi connectivity index (χ1) is 8.53. The van der Waals surface area contributed by atoms with Gasteiger partial charge in [-0.15, -0.1) is 0 Å². The number of likely N-dealkylation sites (tertiary alicyclic amines) is 1. The summed E-state index contributed by atoms with van der Waals surface area (Å²) in [7, 11) is 0. The van der Waals surface area contributed by atoms with Crippen LogP contribution >= 0.6 is 0 Å². The van der Waals surface area contributed by atoms with E-state index in [9.17, 15) is 14.7 Å². The van der Waals surface area contributed by atoms with Crippen molar-refractivity contribution in [1.29, 1.82) is 0 Å². The van der Waals surface area contributed by atoms with Crippen molar-refractivity contribution in [3.8, 4) is 0 Å². The molecule has 2 atom stereocenters. The zero-order valence-electron chi connectivity index (χ0n) is 10.3. The van der Waals surface area contributed by atoms with Gasteiger partial charge in [-0.1, -0.05) is 0 Å². The summed E-state index contributed by atoms with van der Waals surface area (Å²) >= 11 is 0. The van der Waals surface area contributed by atoms with E-state index in [2.05, 4.69) is 0 Å². The molecule has 0 aromatic carbocycles. The second-order valence-electron chi connectivity index (χ2n) is 5.02. The summed E-state index contributed by atoms with van der Waals surface area (Å²) in [6.45, 7) is 1.46. The molecule has 0 aliphatic carbocycles. The number of carboxylic acid groups (broad SMARTS) is 1. The molecular formula is C12H19NO5. The van der Waals surface area contributed by atoms with E-state index in [-0.39, 0.29) is 25.3 Å². The smallest absolute Gasteiger partial charge is 0.303 e. The van der Waals surface area contributed by atoms with Gasteiger partial charge in [-0.3, -0.25) is 9.59 Å². The first-order valence-electron chi connectivity index (χ1n) is 6.35. The van der Waals surface area contributed by atoms with Gasteiger partial charge in [0.25, 0.3) is 0 Å². The number of nitrogens with zero attached hydrogens (tertiary/aromatic N) is 1. The average Bonchev–Trinajstić information content (AvgIpc) is 2.79. The van der Waals surface area contributed by atoms with E-state index in [0.29, 0.717) is 19.6 Å². The Kier molecular flexibility index (Phi) is 3.87. The molecule has 18 heavy (non-hydrogen) atoms. The van der Waals surface area contributed by atoms with E-state index in [4.69, 9.17) is 9.84 Å². The van der Waals surface area contributed by atoms with Gasteiger partial charge in [0.1, 0.15) is 6.10 Å². The number of ether oxygens (including phenoxy) is 1. The molecule has 2 rings (SSSR count). The molecule has 2 aliphatic rings. The van der Waals surface area contributed by atoms with Crippen molar-refractivity contribution in [2.75, 3.05) is 19.7 Å². The predicted molar refractivity (Wildman–Crippen MR) is 62.0 cm³/mol. The number of amides is 1. The van der Waals surface area contributed by atoms with Crippen LogP contribution in [0.25, 0.3) is 0 Å². The Morgan fingerprint density at radius 1 is 1.33 bits per heavy atom. The second-order valence-corrected chi connectivity index (χ2v) is 5.02. The molecule has 1 amide bonds. The van der Waals surface area contributed by atoms with Crippen molar-refractivity contribution in [2.45, 2.75) is 43.8 Å². The Hall–Kier alpha value is -1.14. The topological polar surface area (TPSA) is 87.1 Å². The number of rotatable bonds is 3. The van der Waals surface area contributed by atoms with Crippen LogP contribution in [0.15, 0.2) is 0 Å². The van der Waals surface area contributed by atoms with Crippen LogP contribution in [-0.4, -0.2) is 58.4 Å². The molecule has 0 aromatic heterocycles. The van der Waals surface area contributed by atoms with Crippen LogP contribution in [0.1, 0.15) is 32.1 Å². The average molecular weight is 257 g/mol. The lowest BCUT2D eigenvalue weighted by atomic mass is 9.86. The van der Waals surface area contributed by atoms with Gasteiger partial charge in [-0.25, -0.2) is 0 Å². The van der Waals surface area contributed by atoms with Gasteiger partial charge in [0, 0.05) is 26.1 Å². The standard InChI is InChI=1S/C12H19NO5/c14-9-8-13(10(15)2-3-11(16)17)6-5-12(9)4-1-7-18-12/h9,14H,1-8H2,(H,16,17)/t9-,12-/m0/s1. The number of β-amino-alcohol motifs (C(OH)–C–C–N with tert-alkyl or cyclic N) is 1. The van der Waals surface area contributed by atoms with Gasteiger partial charge in [-0.2, -0.15) is 0 Å². The maximum Gasteiger partial charge on any atom is 0.303 e. The molecule has 2 aliphatic heterocycles. The van der Waals surface area contributed by atoms with Crippen LogP contribution in [0.4, 0.5) is 0 Å². The Labute approximate surface area is 106 Å². The molecule has 2 fully saturated rings. The molecular weight excluding hydrogens is 238 g/mol. The van der Waals surface area contributed by atoms with Gasteiger partial charge >= 0.3 is 5.97 Å². The number of piperidine rings is 1. The van der Waals surface area contributed by atoms with E-state index < -0.39 is 17.7 Å². The van der Waals surface area contributed by atoms with Gasteiger partial charge in [0.15, 0.2) is 0 Å². The largest absolute Gasteiger partial charge is 0.481 e. The fourth-order valence-corrected chi connectivity index (χ4v) is 2.73. The van der Waals surface area contributed by atoms with Crippen LogP contribution in [0.2, 0.25) is 0 Å². The maximum atomic E-state index is 11.8. The molecule has 1 spiro atoms. The minimum Gasteiger partial charge on any atom is -0.481 e. The summed E-state index contributed by atoms with van der Waals surface area (Å²) in [6, 6.07) is 0. The van der Waals surface area contributed by atoms with Crippen molar-refractivity contribution in [3.05, 3.63) is 0 Å². The number of carbonyl (C=O) groups excluding carboxylic acids is 1. The molecule has 2 N–H and O–H groups in total. The first kappa shape index (κ1) is 13.3. The van der Waals surface area contributed by atoms with Crippen molar-refractivity contribution < 1.29 is 24.5 Å². The third kappa shape index (κ3) is 2.64. The summed E-state index contributed by atoms with van der Waals surface area (Å²) in [5, 5.41) is 18.7. The normalized spacial score (nSPS) is 31.8. The van der Waals surface area contributed by atoms with E-state index in [1.165, 1.54) is 0 Å². The Morgan fingerprint density at radius 3 is 2.67 bits per heavy atom. The summed E-state index contributed by atoms with van der Waals surface area (Å²) in [5.74, 6) is -1.18. The van der Waals surface area contributed by atoms with Crippen LogP contribution in [0, 0.1) is 0 Å². The maximum absolute atomic E-state index is 11.8. The molecule has 6 heteroatoms. The van der Waals surface area contributed by atoms with E-state index in [1.807, 2.05) is 0 Å². The van der Waals surface area contributed by atoms with E-state index >= 15 is 0 Å². The first-order valence-corrected chi connectivity index (χ1v) is 6.35. The molecule has 0 bridgehead atoms. The number of hydrogen-bond acceptors (Lipinski definition) is 4. The monoisotopic (exact) mass is 257 g/mol. The fraction of sp³-hybridized carbons (Fsp3) is 0.833. The Bertz CT molecular complexity index is 337. The van der Waals surface area contributed by atoms with Gasteiger partial charge in [0.05, 0.1) is 12.0 Å². The highest BCUT2D eigenvalue weighted by atomic mass is 16.5. The van der Waals surface area contributed by atoms with Gasteiger partial charge in [-0.05, 0) is 19.3 Å². The van der Waals surface area contributed by atoms with Gasteiger partial charge in [0.2, 0.25) is 5.91 Å². The predicted octanol–water partition coefficient (Wildman–Crippen LogP) is -0.00640. The van der Waals surface area contributed by atoms with E-state index in [1.54, 1.807) is 4.90 Å². The SMILES string of the molecule is O=C(O)CCC(=O)N1CC[C@@]2(CCCO2)[C@@H](O)C1. The molecule has 6 nitrogen and oxygen atoms in total. The van der Waals surface area contributed by atoms with Crippen molar-refractivity contribution in [2.24, 2.45) is 0 Å². The van der Waals surface area contributed by atoms with Crippen molar-refractivity contribution in [3.63, 3.8) is 0 Å². The lowest BCUT2D eigenvalue weighted by molar-refractivity contribution is -0.154. The molecule has 0 unspecified atom stereocenters. The highest BCUT2D eigenvalue weighted by Crippen LogP contribution is 2.36. The summed E-state index contributed by atoms with van der Waals surface area (Å²) in [4.78, 5) is 23.7. The Balaban J connectivity index is 1.87. The lowest BCUT2D eigenvalue weighted by Crippen LogP contribution is -2.56. The highest BCUT2D eigenvalue weighted by Gasteiger charge is 2.46. The zero-order valence-corrected chi connectivity index (χ0v) is 10.3. The van der Waals surface area contributed by atoms with Crippen LogP contribution < -0.4 is 0 Å². The molecule has 2 saturated heterocycles. The number of carboxylic acids is 1. The number of hydrogen-bond donors (Lipinski definition) is 2. The van der Waals surface area contributed by atoms with Crippen LogP contribution in [-0.2, 0) is 14.3 Å². The lowest BCUT2D eigenvalue weighted by Gasteiger charge is -2.42. The molecule has 0 saturated carbocycles. The summed E-state index contributed by atoms with van der Waals surface area (Å²) in [5.41, 5.74) is -0.469. The van der Waals surface area contributed by atoms with Crippen LogP contribution in [0.5, 0.6) is 0 Å². The fourth-order valence-electron chi connectivity index (χ4n) is 2.73. The minimum atomic E-state index is -0.975. The van der Waals surface area contributed by atoms with Crippen molar-refractivity contribution in [1.82, 2.24) is 4.90 Å². The highest BCUT2D eigenvalue weighted by molar-refractivity contribution is 5.80. The number of aliphatic carboxylic acids is 1. The molecule has 0 aromatic rings. The quantitative estimate of drug-likeness (QED) is 0.742. The molecule has 102 valence electrons. The third-order valence-electron chi connectivity index (χ3n) is 3.84. The van der Waals surface area contributed by atoms with Gasteiger partial charge < -0.3 is 19.8 Å². The van der Waals surface area contributed by atoms with Crippen LogP contribution in [0.3, 0.4) is 0 Å². The summed E-state index contributed by atoms with van der Waals surface area (Å²) < 4.78 is 5.64. The summed E-state index contributed by atoms with van der Waals surface area (Å²) in [6.07, 6.45) is 1.59.